The highest BCUT2D eigenvalue weighted by molar-refractivity contribution is 7.92. The van der Waals surface area contributed by atoms with Gasteiger partial charge in [0.05, 0.1) is 10.1 Å². The SMILES string of the molecule is CN1[C@@H]2CC[C@H]1CC(S(=O)(=O)c1ccc3[nH]c(=O)ccc3c1)C2. The summed E-state index contributed by atoms with van der Waals surface area (Å²) in [6, 6.07) is 8.87. The molecule has 1 unspecified atom stereocenters. The van der Waals surface area contributed by atoms with Crippen molar-refractivity contribution in [2.24, 2.45) is 0 Å². The number of hydrogen-bond donors (Lipinski definition) is 1. The lowest BCUT2D eigenvalue weighted by Crippen LogP contribution is -2.44. The fourth-order valence-corrected chi connectivity index (χ4v) is 6.00. The van der Waals surface area contributed by atoms with E-state index in [2.05, 4.69) is 16.9 Å². The third kappa shape index (κ3) is 2.40. The molecule has 6 heteroatoms. The molecule has 2 aliphatic rings. The van der Waals surface area contributed by atoms with Crippen LogP contribution in [-0.2, 0) is 9.84 Å². The van der Waals surface area contributed by atoms with E-state index in [4.69, 9.17) is 0 Å². The topological polar surface area (TPSA) is 70.2 Å². The van der Waals surface area contributed by atoms with Gasteiger partial charge in [0.15, 0.2) is 9.84 Å². The van der Waals surface area contributed by atoms with E-state index in [1.165, 1.54) is 6.07 Å². The molecule has 4 rings (SSSR count). The van der Waals surface area contributed by atoms with Gasteiger partial charge in [-0.25, -0.2) is 8.42 Å². The number of sulfone groups is 1. The maximum absolute atomic E-state index is 13.0. The largest absolute Gasteiger partial charge is 0.322 e. The van der Waals surface area contributed by atoms with Crippen LogP contribution in [0.1, 0.15) is 25.7 Å². The minimum Gasteiger partial charge on any atom is -0.322 e. The third-order valence-electron chi connectivity index (χ3n) is 5.52. The lowest BCUT2D eigenvalue weighted by molar-refractivity contribution is 0.180. The molecule has 0 radical (unpaired) electrons. The number of pyridine rings is 1. The Morgan fingerprint density at radius 2 is 1.78 bits per heavy atom. The number of nitrogens with one attached hydrogen (secondary N) is 1. The number of rotatable bonds is 2. The number of aromatic amines is 1. The quantitative estimate of drug-likeness (QED) is 0.912. The molecule has 5 nitrogen and oxygen atoms in total. The monoisotopic (exact) mass is 332 g/mol. The Hall–Kier alpha value is -1.66. The maximum atomic E-state index is 13.0. The zero-order valence-corrected chi connectivity index (χ0v) is 13.8. The highest BCUT2D eigenvalue weighted by Gasteiger charge is 2.43. The van der Waals surface area contributed by atoms with Crippen LogP contribution >= 0.6 is 0 Å². The molecule has 2 saturated heterocycles. The molecular formula is C17H20N2O3S. The molecule has 2 fully saturated rings. The first-order valence-electron chi connectivity index (χ1n) is 8.04. The average molecular weight is 332 g/mol. The highest BCUT2D eigenvalue weighted by atomic mass is 32.2. The Morgan fingerprint density at radius 1 is 1.09 bits per heavy atom. The second-order valence-corrected chi connectivity index (χ2v) is 8.99. The van der Waals surface area contributed by atoms with Gasteiger partial charge in [-0.15, -0.1) is 0 Å². The van der Waals surface area contributed by atoms with Crippen LogP contribution in [-0.4, -0.2) is 42.7 Å². The van der Waals surface area contributed by atoms with E-state index in [1.807, 2.05) is 0 Å². The number of fused-ring (bicyclic) bond motifs is 3. The van der Waals surface area contributed by atoms with Crippen molar-refractivity contribution in [3.63, 3.8) is 0 Å². The molecule has 0 aliphatic carbocycles. The van der Waals surface area contributed by atoms with Gasteiger partial charge in [-0.3, -0.25) is 4.79 Å². The number of H-pyrrole nitrogens is 1. The number of benzene rings is 1. The lowest BCUT2D eigenvalue weighted by atomic mass is 10.0. The van der Waals surface area contributed by atoms with E-state index in [1.54, 1.807) is 24.3 Å². The Balaban J connectivity index is 1.71. The van der Waals surface area contributed by atoms with Crippen molar-refractivity contribution < 1.29 is 8.42 Å². The first-order chi connectivity index (χ1) is 10.9. The summed E-state index contributed by atoms with van der Waals surface area (Å²) in [6.07, 6.45) is 3.65. The molecule has 0 spiro atoms. The summed E-state index contributed by atoms with van der Waals surface area (Å²) >= 11 is 0. The summed E-state index contributed by atoms with van der Waals surface area (Å²) in [5.41, 5.74) is 0.486. The molecule has 2 aliphatic heterocycles. The van der Waals surface area contributed by atoms with Gasteiger partial charge in [0.2, 0.25) is 5.56 Å². The van der Waals surface area contributed by atoms with Crippen molar-refractivity contribution in [1.82, 2.24) is 9.88 Å². The van der Waals surface area contributed by atoms with Crippen molar-refractivity contribution >= 4 is 20.7 Å². The van der Waals surface area contributed by atoms with E-state index < -0.39 is 9.84 Å². The van der Waals surface area contributed by atoms with Gasteiger partial charge in [-0.2, -0.15) is 0 Å². The van der Waals surface area contributed by atoms with Crippen molar-refractivity contribution in [3.8, 4) is 0 Å². The van der Waals surface area contributed by atoms with Gasteiger partial charge in [0.25, 0.3) is 0 Å². The van der Waals surface area contributed by atoms with Crippen molar-refractivity contribution in [2.45, 2.75) is 47.9 Å². The summed E-state index contributed by atoms with van der Waals surface area (Å²) in [5, 5.41) is 0.456. The fraction of sp³-hybridized carbons (Fsp3) is 0.471. The molecule has 1 aromatic carbocycles. The number of hydrogen-bond acceptors (Lipinski definition) is 4. The molecule has 1 aromatic heterocycles. The van der Waals surface area contributed by atoms with Gasteiger partial charge in [-0.05, 0) is 62.4 Å². The average Bonchev–Trinajstić information content (AvgIpc) is 2.75. The highest BCUT2D eigenvalue weighted by Crippen LogP contribution is 2.38. The first-order valence-corrected chi connectivity index (χ1v) is 9.59. The first kappa shape index (κ1) is 14.9. The van der Waals surface area contributed by atoms with E-state index in [9.17, 15) is 13.2 Å². The summed E-state index contributed by atoms with van der Waals surface area (Å²) in [7, 11) is -1.22. The van der Waals surface area contributed by atoms with Crippen LogP contribution in [0.25, 0.3) is 10.9 Å². The molecule has 1 N–H and O–H groups in total. The zero-order valence-electron chi connectivity index (χ0n) is 13.0. The molecule has 2 bridgehead atoms. The van der Waals surface area contributed by atoms with Crippen molar-refractivity contribution in [3.05, 3.63) is 40.7 Å². The predicted octanol–water partition coefficient (Wildman–Crippen LogP) is 1.93. The minimum absolute atomic E-state index is 0.181. The third-order valence-corrected chi connectivity index (χ3v) is 7.69. The van der Waals surface area contributed by atoms with E-state index in [0.29, 0.717) is 22.5 Å². The van der Waals surface area contributed by atoms with Crippen LogP contribution in [0.3, 0.4) is 0 Å². The Kier molecular flexibility index (Phi) is 3.35. The lowest BCUT2D eigenvalue weighted by Gasteiger charge is -2.35. The van der Waals surface area contributed by atoms with Gasteiger partial charge >= 0.3 is 0 Å². The Bertz CT molecular complexity index is 905. The summed E-state index contributed by atoms with van der Waals surface area (Å²) in [6.45, 7) is 0. The molecule has 0 amide bonds. The van der Waals surface area contributed by atoms with Gasteiger partial charge in [-0.1, -0.05) is 0 Å². The molecule has 122 valence electrons. The standard InChI is InChI=1S/C17H20N2O3S/c1-19-12-3-4-13(19)10-15(9-12)23(21,22)14-5-6-16-11(8-14)2-7-17(20)18-16/h2,5-8,12-13,15H,3-4,9-10H2,1H3,(H,18,20)/t12-,13+,15?. The van der Waals surface area contributed by atoms with Crippen LogP contribution in [0.5, 0.6) is 0 Å². The molecular weight excluding hydrogens is 312 g/mol. The van der Waals surface area contributed by atoms with Crippen molar-refractivity contribution in [2.75, 3.05) is 7.05 Å². The second-order valence-electron chi connectivity index (χ2n) is 6.76. The fourth-order valence-electron chi connectivity index (χ4n) is 4.12. The number of piperidine rings is 1. The normalized spacial score (nSPS) is 28.3. The molecule has 3 atom stereocenters. The van der Waals surface area contributed by atoms with Crippen LogP contribution in [0, 0.1) is 0 Å². The Morgan fingerprint density at radius 3 is 2.48 bits per heavy atom. The summed E-state index contributed by atoms with van der Waals surface area (Å²) in [4.78, 5) is 16.8. The van der Waals surface area contributed by atoms with E-state index in [0.717, 1.165) is 31.1 Å². The second kappa shape index (κ2) is 5.18. The zero-order chi connectivity index (χ0) is 16.2. The molecule has 23 heavy (non-hydrogen) atoms. The minimum atomic E-state index is -3.33. The predicted molar refractivity (Wildman–Crippen MR) is 89.3 cm³/mol. The van der Waals surface area contributed by atoms with Gasteiger partial charge in [0, 0.05) is 23.7 Å². The summed E-state index contributed by atoms with van der Waals surface area (Å²) < 4.78 is 26.1. The number of aromatic nitrogens is 1. The smallest absolute Gasteiger partial charge is 0.248 e. The van der Waals surface area contributed by atoms with Crippen molar-refractivity contribution in [1.29, 1.82) is 0 Å². The maximum Gasteiger partial charge on any atom is 0.248 e. The van der Waals surface area contributed by atoms with Crippen LogP contribution < -0.4 is 5.56 Å². The number of nitrogens with zero attached hydrogens (tertiary/aromatic N) is 1. The van der Waals surface area contributed by atoms with E-state index in [-0.39, 0.29) is 10.8 Å². The molecule has 0 saturated carbocycles. The van der Waals surface area contributed by atoms with E-state index >= 15 is 0 Å². The van der Waals surface area contributed by atoms with Gasteiger partial charge < -0.3 is 9.88 Å². The molecule has 3 heterocycles. The Labute approximate surface area is 135 Å². The van der Waals surface area contributed by atoms with Crippen LogP contribution in [0.15, 0.2) is 40.0 Å². The summed E-state index contributed by atoms with van der Waals surface area (Å²) in [5.74, 6) is 0. The van der Waals surface area contributed by atoms with Crippen LogP contribution in [0.2, 0.25) is 0 Å². The van der Waals surface area contributed by atoms with Crippen LogP contribution in [0.4, 0.5) is 0 Å². The molecule has 2 aromatic rings. The van der Waals surface area contributed by atoms with Gasteiger partial charge in [0.1, 0.15) is 0 Å².